The lowest BCUT2D eigenvalue weighted by Crippen LogP contribution is -2.57. The average molecular weight is 241 g/mol. The minimum atomic E-state index is -0.351. The first kappa shape index (κ1) is 14.5. The monoisotopic (exact) mass is 241 g/mol. The van der Waals surface area contributed by atoms with E-state index in [2.05, 4.69) is 25.7 Å². The number of carbonyl (C=O) groups excluding carboxylic acids is 1. The van der Waals surface area contributed by atoms with Crippen molar-refractivity contribution in [2.24, 2.45) is 11.7 Å². The predicted octanol–water partition coefficient (Wildman–Crippen LogP) is 0.912. The van der Waals surface area contributed by atoms with Gasteiger partial charge in [-0.2, -0.15) is 0 Å². The molecule has 1 heterocycles. The molecule has 0 aromatic rings. The molecule has 1 rings (SSSR count). The van der Waals surface area contributed by atoms with Gasteiger partial charge in [-0.05, 0) is 26.7 Å². The quantitative estimate of drug-likeness (QED) is 0.782. The molecule has 0 saturated carbocycles. The summed E-state index contributed by atoms with van der Waals surface area (Å²) in [5, 5.41) is 0. The third-order valence-electron chi connectivity index (χ3n) is 3.54. The first-order chi connectivity index (χ1) is 7.73. The Hall–Kier alpha value is -0.610. The van der Waals surface area contributed by atoms with Gasteiger partial charge in [0.05, 0.1) is 6.04 Å². The van der Waals surface area contributed by atoms with Crippen LogP contribution in [0.3, 0.4) is 0 Å². The molecule has 0 aliphatic carbocycles. The van der Waals surface area contributed by atoms with Crippen molar-refractivity contribution in [2.75, 3.05) is 26.2 Å². The van der Waals surface area contributed by atoms with Gasteiger partial charge in [0.1, 0.15) is 0 Å². The molecule has 1 amide bonds. The Kier molecular flexibility index (Phi) is 4.55. The summed E-state index contributed by atoms with van der Waals surface area (Å²) in [5.41, 5.74) is 6.10. The molecule has 4 nitrogen and oxygen atoms in total. The molecule has 0 spiro atoms. The Bertz CT molecular complexity index is 262. The first-order valence-electron chi connectivity index (χ1n) is 6.53. The molecule has 4 heteroatoms. The van der Waals surface area contributed by atoms with Crippen LogP contribution < -0.4 is 5.73 Å². The topological polar surface area (TPSA) is 49.6 Å². The number of piperazine rings is 1. The number of rotatable bonds is 2. The summed E-state index contributed by atoms with van der Waals surface area (Å²) in [7, 11) is 0. The van der Waals surface area contributed by atoms with Gasteiger partial charge in [-0.3, -0.25) is 9.69 Å². The summed E-state index contributed by atoms with van der Waals surface area (Å²) in [4.78, 5) is 16.4. The maximum atomic E-state index is 12.1. The summed E-state index contributed by atoms with van der Waals surface area (Å²) in [6, 6.07) is -0.351. The minimum Gasteiger partial charge on any atom is -0.339 e. The van der Waals surface area contributed by atoms with Crippen molar-refractivity contribution < 1.29 is 4.79 Å². The zero-order valence-corrected chi connectivity index (χ0v) is 11.9. The van der Waals surface area contributed by atoms with Crippen LogP contribution in [0.5, 0.6) is 0 Å². The smallest absolute Gasteiger partial charge is 0.239 e. The van der Waals surface area contributed by atoms with E-state index in [4.69, 9.17) is 5.73 Å². The second-order valence-electron chi connectivity index (χ2n) is 6.25. The van der Waals surface area contributed by atoms with Gasteiger partial charge in [-0.1, -0.05) is 13.8 Å². The van der Waals surface area contributed by atoms with Crippen molar-refractivity contribution in [1.82, 2.24) is 9.80 Å². The molecule has 100 valence electrons. The minimum absolute atomic E-state index is 0.105. The highest BCUT2D eigenvalue weighted by molar-refractivity contribution is 5.82. The highest BCUT2D eigenvalue weighted by Gasteiger charge is 2.30. The summed E-state index contributed by atoms with van der Waals surface area (Å²) in [5.74, 6) is 0.316. The van der Waals surface area contributed by atoms with Gasteiger partial charge >= 0.3 is 0 Å². The van der Waals surface area contributed by atoms with Crippen LogP contribution in [0.4, 0.5) is 0 Å². The zero-order chi connectivity index (χ0) is 13.2. The zero-order valence-electron chi connectivity index (χ0n) is 11.9. The molecule has 1 atom stereocenters. The molecule has 1 fully saturated rings. The Labute approximate surface area is 105 Å². The number of carbonyl (C=O) groups is 1. The third kappa shape index (κ3) is 3.68. The highest BCUT2D eigenvalue weighted by atomic mass is 16.2. The normalized spacial score (nSPS) is 20.8. The molecule has 1 saturated heterocycles. The highest BCUT2D eigenvalue weighted by Crippen LogP contribution is 2.16. The van der Waals surface area contributed by atoms with Gasteiger partial charge in [-0.15, -0.1) is 0 Å². The van der Waals surface area contributed by atoms with Crippen molar-refractivity contribution in [3.63, 3.8) is 0 Å². The first-order valence-corrected chi connectivity index (χ1v) is 6.53. The van der Waals surface area contributed by atoms with Crippen molar-refractivity contribution >= 4 is 5.91 Å². The molecule has 1 aliphatic heterocycles. The number of amides is 1. The van der Waals surface area contributed by atoms with Gasteiger partial charge in [0, 0.05) is 31.7 Å². The van der Waals surface area contributed by atoms with Gasteiger partial charge < -0.3 is 10.6 Å². The van der Waals surface area contributed by atoms with E-state index >= 15 is 0 Å². The fourth-order valence-electron chi connectivity index (χ4n) is 2.09. The number of nitrogens with two attached hydrogens (primary N) is 1. The lowest BCUT2D eigenvalue weighted by atomic mass is 10.0. The van der Waals surface area contributed by atoms with E-state index in [0.717, 1.165) is 26.2 Å². The summed E-state index contributed by atoms with van der Waals surface area (Å²) in [6.45, 7) is 14.1. The maximum absolute atomic E-state index is 12.1. The Balaban J connectivity index is 2.50. The second kappa shape index (κ2) is 5.36. The van der Waals surface area contributed by atoms with Crippen LogP contribution in [0, 0.1) is 5.92 Å². The summed E-state index contributed by atoms with van der Waals surface area (Å²) < 4.78 is 0. The van der Waals surface area contributed by atoms with Crippen LogP contribution in [0.1, 0.15) is 34.6 Å². The van der Waals surface area contributed by atoms with E-state index in [9.17, 15) is 4.79 Å². The van der Waals surface area contributed by atoms with Crippen molar-refractivity contribution in [3.05, 3.63) is 0 Å². The van der Waals surface area contributed by atoms with Gasteiger partial charge in [0.2, 0.25) is 5.91 Å². The molecule has 2 N–H and O–H groups in total. The molecule has 1 unspecified atom stereocenters. The number of nitrogens with zero attached hydrogens (tertiary/aromatic N) is 2. The Morgan fingerprint density at radius 1 is 1.12 bits per heavy atom. The van der Waals surface area contributed by atoms with Gasteiger partial charge in [-0.25, -0.2) is 0 Å². The number of hydrogen-bond acceptors (Lipinski definition) is 3. The SMILES string of the molecule is CC(C)C(N)C(=O)N1CCN(C(C)(C)C)CC1. The van der Waals surface area contributed by atoms with Crippen LogP contribution in [-0.2, 0) is 4.79 Å². The van der Waals surface area contributed by atoms with Crippen LogP contribution in [-0.4, -0.2) is 53.5 Å². The fraction of sp³-hybridized carbons (Fsp3) is 0.923. The van der Waals surface area contributed by atoms with E-state index in [-0.39, 0.29) is 23.4 Å². The lowest BCUT2D eigenvalue weighted by Gasteiger charge is -2.43. The van der Waals surface area contributed by atoms with E-state index in [1.807, 2.05) is 18.7 Å². The fourth-order valence-corrected chi connectivity index (χ4v) is 2.09. The van der Waals surface area contributed by atoms with Gasteiger partial charge in [0.15, 0.2) is 0 Å². The van der Waals surface area contributed by atoms with Crippen molar-refractivity contribution in [1.29, 1.82) is 0 Å². The Morgan fingerprint density at radius 3 is 1.94 bits per heavy atom. The number of hydrogen-bond donors (Lipinski definition) is 1. The van der Waals surface area contributed by atoms with Crippen LogP contribution in [0.2, 0.25) is 0 Å². The van der Waals surface area contributed by atoms with E-state index in [1.54, 1.807) is 0 Å². The van der Waals surface area contributed by atoms with Crippen LogP contribution >= 0.6 is 0 Å². The largest absolute Gasteiger partial charge is 0.339 e. The second-order valence-corrected chi connectivity index (χ2v) is 6.25. The van der Waals surface area contributed by atoms with E-state index in [1.165, 1.54) is 0 Å². The van der Waals surface area contributed by atoms with Crippen LogP contribution in [0.15, 0.2) is 0 Å². The molecule has 0 aromatic carbocycles. The Morgan fingerprint density at radius 2 is 1.59 bits per heavy atom. The molecule has 0 aromatic heterocycles. The standard InChI is InChI=1S/C13H27N3O/c1-10(2)11(14)12(17)15-6-8-16(9-7-15)13(3,4)5/h10-11H,6-9,14H2,1-5H3. The van der Waals surface area contributed by atoms with Crippen molar-refractivity contribution in [2.45, 2.75) is 46.2 Å². The summed E-state index contributed by atoms with van der Waals surface area (Å²) >= 11 is 0. The predicted molar refractivity (Wildman–Crippen MR) is 70.7 cm³/mol. The van der Waals surface area contributed by atoms with E-state index < -0.39 is 0 Å². The van der Waals surface area contributed by atoms with Crippen molar-refractivity contribution in [3.8, 4) is 0 Å². The molecular formula is C13H27N3O. The molecule has 0 bridgehead atoms. The van der Waals surface area contributed by atoms with Gasteiger partial charge in [0.25, 0.3) is 0 Å². The average Bonchev–Trinajstić information content (AvgIpc) is 2.26. The molecule has 1 aliphatic rings. The summed E-state index contributed by atoms with van der Waals surface area (Å²) in [6.07, 6.45) is 0. The molecule has 17 heavy (non-hydrogen) atoms. The lowest BCUT2D eigenvalue weighted by molar-refractivity contribution is -0.136. The maximum Gasteiger partial charge on any atom is 0.239 e. The molecule has 0 radical (unpaired) electrons. The third-order valence-corrected chi connectivity index (χ3v) is 3.54. The van der Waals surface area contributed by atoms with Crippen LogP contribution in [0.25, 0.3) is 0 Å². The molecular weight excluding hydrogens is 214 g/mol. The van der Waals surface area contributed by atoms with E-state index in [0.29, 0.717) is 0 Å².